The zero-order chi connectivity index (χ0) is 10.9. The Kier molecular flexibility index (Phi) is 2.70. The van der Waals surface area contributed by atoms with Crippen molar-refractivity contribution in [3.63, 3.8) is 0 Å². The zero-order valence-electron chi connectivity index (χ0n) is 8.59. The van der Waals surface area contributed by atoms with E-state index in [9.17, 15) is 5.26 Å². The first kappa shape index (κ1) is 10.5. The summed E-state index contributed by atoms with van der Waals surface area (Å²) in [6.07, 6.45) is 3.04. The van der Waals surface area contributed by atoms with Gasteiger partial charge in [-0.25, -0.2) is 0 Å². The summed E-state index contributed by atoms with van der Waals surface area (Å²) >= 11 is 3.52. The first-order valence-corrected chi connectivity index (χ1v) is 5.77. The predicted octanol–water partition coefficient (Wildman–Crippen LogP) is 3.40. The van der Waals surface area contributed by atoms with Crippen molar-refractivity contribution in [2.24, 2.45) is 0 Å². The van der Waals surface area contributed by atoms with Crippen molar-refractivity contribution < 1.29 is 4.74 Å². The van der Waals surface area contributed by atoms with Crippen LogP contribution in [0.5, 0.6) is 5.75 Å². The third-order valence-electron chi connectivity index (χ3n) is 3.12. The molecule has 0 bridgehead atoms. The van der Waals surface area contributed by atoms with Gasteiger partial charge in [-0.2, -0.15) is 5.26 Å². The largest absolute Gasteiger partial charge is 0.496 e. The van der Waals surface area contributed by atoms with Crippen LogP contribution in [-0.4, -0.2) is 7.11 Å². The van der Waals surface area contributed by atoms with E-state index in [-0.39, 0.29) is 5.41 Å². The summed E-state index contributed by atoms with van der Waals surface area (Å²) in [4.78, 5) is 0. The normalized spacial score (nSPS) is 17.7. The Morgan fingerprint density at radius 1 is 1.47 bits per heavy atom. The molecule has 15 heavy (non-hydrogen) atoms. The maximum absolute atomic E-state index is 9.27. The van der Waals surface area contributed by atoms with E-state index in [4.69, 9.17) is 4.74 Å². The molecule has 0 aliphatic heterocycles. The standard InChI is InChI=1S/C12H12BrNO/c1-15-10-5-2-4-9(11(10)13)12(8-14)6-3-7-12/h2,4-5H,3,6-7H2,1H3. The van der Waals surface area contributed by atoms with Crippen LogP contribution in [0.25, 0.3) is 0 Å². The second kappa shape index (κ2) is 3.86. The van der Waals surface area contributed by atoms with Gasteiger partial charge in [-0.15, -0.1) is 0 Å². The molecule has 1 fully saturated rings. The lowest BCUT2D eigenvalue weighted by Gasteiger charge is -2.36. The summed E-state index contributed by atoms with van der Waals surface area (Å²) in [5.41, 5.74) is 0.781. The molecule has 1 aromatic carbocycles. The van der Waals surface area contributed by atoms with Crippen LogP contribution in [0.3, 0.4) is 0 Å². The van der Waals surface area contributed by atoms with E-state index in [2.05, 4.69) is 22.0 Å². The average molecular weight is 266 g/mol. The highest BCUT2D eigenvalue weighted by Crippen LogP contribution is 2.47. The first-order valence-electron chi connectivity index (χ1n) is 4.98. The molecule has 0 unspecified atom stereocenters. The van der Waals surface area contributed by atoms with E-state index in [0.29, 0.717) is 0 Å². The number of benzene rings is 1. The number of nitrogens with zero attached hydrogens (tertiary/aromatic N) is 1. The van der Waals surface area contributed by atoms with Gasteiger partial charge in [-0.1, -0.05) is 12.1 Å². The van der Waals surface area contributed by atoms with E-state index in [1.165, 1.54) is 0 Å². The van der Waals surface area contributed by atoms with Crippen molar-refractivity contribution >= 4 is 15.9 Å². The van der Waals surface area contributed by atoms with Crippen LogP contribution >= 0.6 is 15.9 Å². The van der Waals surface area contributed by atoms with E-state index >= 15 is 0 Å². The lowest BCUT2D eigenvalue weighted by molar-refractivity contribution is 0.320. The third-order valence-corrected chi connectivity index (χ3v) is 3.94. The van der Waals surface area contributed by atoms with Gasteiger partial charge in [0.05, 0.1) is 23.1 Å². The molecule has 78 valence electrons. The fourth-order valence-corrected chi connectivity index (χ4v) is 2.82. The van der Waals surface area contributed by atoms with Gasteiger partial charge in [0.1, 0.15) is 5.75 Å². The monoisotopic (exact) mass is 265 g/mol. The molecule has 0 amide bonds. The van der Waals surface area contributed by atoms with Crippen molar-refractivity contribution in [1.82, 2.24) is 0 Å². The number of hydrogen-bond donors (Lipinski definition) is 0. The van der Waals surface area contributed by atoms with Gasteiger partial charge < -0.3 is 4.74 Å². The molecule has 0 aromatic heterocycles. The van der Waals surface area contributed by atoms with Crippen molar-refractivity contribution in [3.05, 3.63) is 28.2 Å². The Balaban J connectivity index is 2.49. The SMILES string of the molecule is COc1cccc(C2(C#N)CCC2)c1Br. The molecule has 1 aromatic rings. The zero-order valence-corrected chi connectivity index (χ0v) is 10.2. The van der Waals surface area contributed by atoms with Crippen LogP contribution < -0.4 is 4.74 Å². The smallest absolute Gasteiger partial charge is 0.133 e. The first-order chi connectivity index (χ1) is 7.23. The quantitative estimate of drug-likeness (QED) is 0.821. The molecule has 0 heterocycles. The Morgan fingerprint density at radius 3 is 2.67 bits per heavy atom. The number of nitriles is 1. The van der Waals surface area contributed by atoms with Crippen molar-refractivity contribution in [2.75, 3.05) is 7.11 Å². The molecule has 0 atom stereocenters. The van der Waals surface area contributed by atoms with Gasteiger partial charge in [-0.05, 0) is 46.8 Å². The molecule has 0 saturated heterocycles. The third kappa shape index (κ3) is 1.53. The van der Waals surface area contributed by atoms with E-state index in [1.807, 2.05) is 18.2 Å². The van der Waals surface area contributed by atoms with Gasteiger partial charge >= 0.3 is 0 Å². The Bertz CT molecular complexity index is 418. The second-order valence-electron chi connectivity index (χ2n) is 3.87. The summed E-state index contributed by atoms with van der Waals surface area (Å²) in [5.74, 6) is 0.800. The van der Waals surface area contributed by atoms with Crippen molar-refractivity contribution in [1.29, 1.82) is 5.26 Å². The number of ether oxygens (including phenoxy) is 1. The summed E-state index contributed by atoms with van der Waals surface area (Å²) in [7, 11) is 1.64. The maximum atomic E-state index is 9.27. The van der Waals surface area contributed by atoms with E-state index < -0.39 is 0 Å². The average Bonchev–Trinajstić information content (AvgIpc) is 2.20. The van der Waals surface area contributed by atoms with Gasteiger partial charge in [0.2, 0.25) is 0 Å². The van der Waals surface area contributed by atoms with Crippen LogP contribution in [0.1, 0.15) is 24.8 Å². The molecule has 0 N–H and O–H groups in total. The summed E-state index contributed by atoms with van der Waals surface area (Å²) in [6.45, 7) is 0. The van der Waals surface area contributed by atoms with Crippen molar-refractivity contribution in [2.45, 2.75) is 24.7 Å². The predicted molar refractivity (Wildman–Crippen MR) is 61.8 cm³/mol. The van der Waals surface area contributed by atoms with Crippen LogP contribution in [0.4, 0.5) is 0 Å². The topological polar surface area (TPSA) is 33.0 Å². The minimum Gasteiger partial charge on any atom is -0.496 e. The Morgan fingerprint density at radius 2 is 2.20 bits per heavy atom. The van der Waals surface area contributed by atoms with Crippen LogP contribution in [-0.2, 0) is 5.41 Å². The van der Waals surface area contributed by atoms with Crippen LogP contribution in [0.15, 0.2) is 22.7 Å². The van der Waals surface area contributed by atoms with Gasteiger partial charge in [0.15, 0.2) is 0 Å². The number of hydrogen-bond acceptors (Lipinski definition) is 2. The summed E-state index contributed by atoms with van der Waals surface area (Å²) in [6, 6.07) is 8.29. The number of methoxy groups -OCH3 is 1. The molecule has 1 saturated carbocycles. The molecule has 0 radical (unpaired) electrons. The molecule has 2 nitrogen and oxygen atoms in total. The van der Waals surface area contributed by atoms with E-state index in [1.54, 1.807) is 7.11 Å². The van der Waals surface area contributed by atoms with Crippen LogP contribution in [0, 0.1) is 11.3 Å². The van der Waals surface area contributed by atoms with Crippen LogP contribution in [0.2, 0.25) is 0 Å². The fourth-order valence-electron chi connectivity index (χ4n) is 2.01. The lowest BCUT2D eigenvalue weighted by atomic mass is 9.65. The minimum atomic E-state index is -0.284. The van der Waals surface area contributed by atoms with Crippen molar-refractivity contribution in [3.8, 4) is 11.8 Å². The van der Waals surface area contributed by atoms with Gasteiger partial charge in [0.25, 0.3) is 0 Å². The molecular formula is C12H12BrNO. The molecule has 1 aliphatic carbocycles. The lowest BCUT2D eigenvalue weighted by Crippen LogP contribution is -2.32. The molecule has 1 aliphatic rings. The number of halogens is 1. The maximum Gasteiger partial charge on any atom is 0.133 e. The molecule has 3 heteroatoms. The minimum absolute atomic E-state index is 0.284. The Hall–Kier alpha value is -1.01. The molecule has 0 spiro atoms. The number of rotatable bonds is 2. The van der Waals surface area contributed by atoms with Gasteiger partial charge in [-0.3, -0.25) is 0 Å². The molecule has 2 rings (SSSR count). The summed E-state index contributed by atoms with van der Waals surface area (Å²) < 4.78 is 6.16. The Labute approximate surface area is 98.0 Å². The fraction of sp³-hybridized carbons (Fsp3) is 0.417. The van der Waals surface area contributed by atoms with E-state index in [0.717, 1.165) is 35.0 Å². The van der Waals surface area contributed by atoms with Gasteiger partial charge in [0, 0.05) is 0 Å². The molecular weight excluding hydrogens is 254 g/mol. The summed E-state index contributed by atoms with van der Waals surface area (Å²) in [5, 5.41) is 9.27. The highest BCUT2D eigenvalue weighted by molar-refractivity contribution is 9.10. The highest BCUT2D eigenvalue weighted by atomic mass is 79.9. The second-order valence-corrected chi connectivity index (χ2v) is 4.66. The highest BCUT2D eigenvalue weighted by Gasteiger charge is 2.40.